The lowest BCUT2D eigenvalue weighted by atomic mass is 10.1. The van der Waals surface area contributed by atoms with Gasteiger partial charge in [-0.05, 0) is 19.5 Å². The number of rotatable bonds is 9. The van der Waals surface area contributed by atoms with Gasteiger partial charge in [-0.2, -0.15) is 0 Å². The topological polar surface area (TPSA) is 24.5 Å². The van der Waals surface area contributed by atoms with E-state index in [-0.39, 0.29) is 0 Å². The molecule has 2 atom stereocenters. The second-order valence-electron chi connectivity index (χ2n) is 4.44. The van der Waals surface area contributed by atoms with Crippen molar-refractivity contribution in [3.05, 3.63) is 0 Å². The van der Waals surface area contributed by atoms with Crippen LogP contribution in [0.15, 0.2) is 0 Å². The summed E-state index contributed by atoms with van der Waals surface area (Å²) in [5, 5.41) is 3.44. The molecule has 0 aliphatic heterocycles. The van der Waals surface area contributed by atoms with Gasteiger partial charge in [-0.25, -0.2) is 0 Å². The van der Waals surface area contributed by atoms with E-state index in [0.29, 0.717) is 6.04 Å². The molecule has 1 N–H and O–H groups in total. The van der Waals surface area contributed by atoms with Gasteiger partial charge in [0.15, 0.2) is 0 Å². The molecule has 92 valence electrons. The van der Waals surface area contributed by atoms with Crippen LogP contribution in [0.3, 0.4) is 0 Å². The minimum atomic E-state index is 0.453. The van der Waals surface area contributed by atoms with E-state index in [4.69, 9.17) is 4.74 Å². The summed E-state index contributed by atoms with van der Waals surface area (Å²) in [5.74, 6) is 0.778. The predicted octanol–water partition coefficient (Wildman–Crippen LogP) is 1.59. The van der Waals surface area contributed by atoms with Gasteiger partial charge in [0.05, 0.1) is 6.61 Å². The molecule has 0 amide bonds. The summed E-state index contributed by atoms with van der Waals surface area (Å²) in [6.45, 7) is 10.7. The Balaban J connectivity index is 3.81. The van der Waals surface area contributed by atoms with Crippen molar-refractivity contribution in [3.8, 4) is 0 Å². The average Bonchev–Trinajstić information content (AvgIpc) is 2.18. The lowest BCUT2D eigenvalue weighted by molar-refractivity contribution is 0.142. The molecule has 0 fully saturated rings. The fraction of sp³-hybridized carbons (Fsp3) is 1.00. The summed E-state index contributed by atoms with van der Waals surface area (Å²) in [6, 6.07) is 0.453. The summed E-state index contributed by atoms with van der Waals surface area (Å²) in [4.78, 5) is 2.39. The Hall–Kier alpha value is -0.120. The highest BCUT2D eigenvalue weighted by molar-refractivity contribution is 4.70. The van der Waals surface area contributed by atoms with Crippen molar-refractivity contribution in [2.45, 2.75) is 33.2 Å². The second-order valence-corrected chi connectivity index (χ2v) is 4.44. The molecule has 3 nitrogen and oxygen atoms in total. The van der Waals surface area contributed by atoms with Crippen molar-refractivity contribution in [1.29, 1.82) is 0 Å². The molecule has 0 saturated heterocycles. The van der Waals surface area contributed by atoms with Crippen LogP contribution in [0.5, 0.6) is 0 Å². The molecule has 2 unspecified atom stereocenters. The zero-order chi connectivity index (χ0) is 11.7. The fourth-order valence-electron chi connectivity index (χ4n) is 1.78. The quantitative estimate of drug-likeness (QED) is 0.633. The highest BCUT2D eigenvalue weighted by Gasteiger charge is 2.11. The summed E-state index contributed by atoms with van der Waals surface area (Å²) in [7, 11) is 3.95. The molecule has 0 aromatic carbocycles. The van der Waals surface area contributed by atoms with E-state index < -0.39 is 0 Å². The first-order valence-electron chi connectivity index (χ1n) is 6.04. The number of nitrogens with one attached hydrogen (secondary N) is 1. The first kappa shape index (κ1) is 14.9. The molecule has 0 aromatic heterocycles. The lowest BCUT2D eigenvalue weighted by Gasteiger charge is -2.26. The Morgan fingerprint density at radius 1 is 1.27 bits per heavy atom. The minimum Gasteiger partial charge on any atom is -0.383 e. The van der Waals surface area contributed by atoms with Crippen LogP contribution in [0, 0.1) is 5.92 Å². The van der Waals surface area contributed by atoms with Crippen LogP contribution < -0.4 is 5.32 Å². The van der Waals surface area contributed by atoms with Gasteiger partial charge in [0.2, 0.25) is 0 Å². The Kier molecular flexibility index (Phi) is 9.06. The Morgan fingerprint density at radius 2 is 1.93 bits per heavy atom. The fourth-order valence-corrected chi connectivity index (χ4v) is 1.78. The van der Waals surface area contributed by atoms with Crippen LogP contribution >= 0.6 is 0 Å². The largest absolute Gasteiger partial charge is 0.383 e. The molecule has 0 aliphatic carbocycles. The number of likely N-dealkylation sites (N-methyl/N-ethyl adjacent to an activating group) is 2. The molecule has 0 spiro atoms. The summed E-state index contributed by atoms with van der Waals surface area (Å²) in [5.41, 5.74) is 0. The van der Waals surface area contributed by atoms with Crippen LogP contribution in [0.25, 0.3) is 0 Å². The SMILES string of the molecule is CCNC(COC)CN(C)CC(C)CC. The second kappa shape index (κ2) is 9.13. The maximum absolute atomic E-state index is 5.20. The highest BCUT2D eigenvalue weighted by atomic mass is 16.5. The normalized spacial score (nSPS) is 15.6. The smallest absolute Gasteiger partial charge is 0.0628 e. The van der Waals surface area contributed by atoms with Crippen LogP contribution in [-0.4, -0.2) is 51.3 Å². The van der Waals surface area contributed by atoms with E-state index in [0.717, 1.165) is 25.6 Å². The molecular weight excluding hydrogens is 188 g/mol. The number of ether oxygens (including phenoxy) is 1. The molecular formula is C12H28N2O. The van der Waals surface area contributed by atoms with Crippen LogP contribution in [-0.2, 0) is 4.74 Å². The lowest BCUT2D eigenvalue weighted by Crippen LogP contribution is -2.43. The van der Waals surface area contributed by atoms with E-state index >= 15 is 0 Å². The van der Waals surface area contributed by atoms with E-state index in [1.807, 2.05) is 0 Å². The van der Waals surface area contributed by atoms with Crippen LogP contribution in [0.4, 0.5) is 0 Å². The van der Waals surface area contributed by atoms with E-state index in [1.54, 1.807) is 7.11 Å². The summed E-state index contributed by atoms with van der Waals surface area (Å²) < 4.78 is 5.20. The number of methoxy groups -OCH3 is 1. The third-order valence-corrected chi connectivity index (χ3v) is 2.71. The maximum Gasteiger partial charge on any atom is 0.0628 e. The minimum absolute atomic E-state index is 0.453. The molecule has 0 aliphatic rings. The van der Waals surface area contributed by atoms with E-state index in [2.05, 4.69) is 38.0 Å². The zero-order valence-corrected chi connectivity index (χ0v) is 11.0. The first-order valence-corrected chi connectivity index (χ1v) is 6.04. The monoisotopic (exact) mass is 216 g/mol. The van der Waals surface area contributed by atoms with Crippen molar-refractivity contribution >= 4 is 0 Å². The van der Waals surface area contributed by atoms with E-state index in [1.165, 1.54) is 13.0 Å². The highest BCUT2D eigenvalue weighted by Crippen LogP contribution is 2.03. The van der Waals surface area contributed by atoms with Gasteiger partial charge in [-0.3, -0.25) is 0 Å². The van der Waals surface area contributed by atoms with Crippen LogP contribution in [0.1, 0.15) is 27.2 Å². The molecule has 15 heavy (non-hydrogen) atoms. The zero-order valence-electron chi connectivity index (χ0n) is 11.0. The van der Waals surface area contributed by atoms with Crippen LogP contribution in [0.2, 0.25) is 0 Å². The standard InChI is InChI=1S/C12H28N2O/c1-6-11(3)8-14(4)9-12(10-15-5)13-7-2/h11-13H,6-10H2,1-5H3. The first-order chi connectivity index (χ1) is 7.13. The Labute approximate surface area is 95.2 Å². The average molecular weight is 216 g/mol. The Morgan fingerprint density at radius 3 is 2.40 bits per heavy atom. The van der Waals surface area contributed by atoms with Crippen molar-refractivity contribution in [2.75, 3.05) is 40.4 Å². The van der Waals surface area contributed by atoms with Gasteiger partial charge in [0.1, 0.15) is 0 Å². The maximum atomic E-state index is 5.20. The summed E-state index contributed by atoms with van der Waals surface area (Å²) >= 11 is 0. The van der Waals surface area contributed by atoms with Gasteiger partial charge in [0.25, 0.3) is 0 Å². The predicted molar refractivity (Wildman–Crippen MR) is 66.3 cm³/mol. The van der Waals surface area contributed by atoms with Crippen molar-refractivity contribution < 1.29 is 4.74 Å². The molecule has 0 rings (SSSR count). The van der Waals surface area contributed by atoms with E-state index in [9.17, 15) is 0 Å². The third-order valence-electron chi connectivity index (χ3n) is 2.71. The van der Waals surface area contributed by atoms with Gasteiger partial charge in [-0.1, -0.05) is 27.2 Å². The summed E-state index contributed by atoms with van der Waals surface area (Å²) in [6.07, 6.45) is 1.25. The number of nitrogens with zero attached hydrogens (tertiary/aromatic N) is 1. The van der Waals surface area contributed by atoms with Gasteiger partial charge in [0, 0.05) is 26.2 Å². The molecule has 0 bridgehead atoms. The Bertz CT molecular complexity index is 136. The van der Waals surface area contributed by atoms with Gasteiger partial charge < -0.3 is 15.0 Å². The third kappa shape index (κ3) is 7.77. The number of hydrogen-bond acceptors (Lipinski definition) is 3. The van der Waals surface area contributed by atoms with Gasteiger partial charge >= 0.3 is 0 Å². The van der Waals surface area contributed by atoms with Crippen molar-refractivity contribution in [3.63, 3.8) is 0 Å². The van der Waals surface area contributed by atoms with Crippen molar-refractivity contribution in [2.24, 2.45) is 5.92 Å². The van der Waals surface area contributed by atoms with Crippen molar-refractivity contribution in [1.82, 2.24) is 10.2 Å². The molecule has 0 heterocycles. The number of hydrogen-bond donors (Lipinski definition) is 1. The molecule has 0 saturated carbocycles. The molecule has 0 radical (unpaired) electrons. The van der Waals surface area contributed by atoms with Gasteiger partial charge in [-0.15, -0.1) is 0 Å². The molecule has 3 heteroatoms. The molecule has 0 aromatic rings.